The first-order chi connectivity index (χ1) is 17.3. The number of hydrogen-bond acceptors (Lipinski definition) is 11. The Balaban J connectivity index is 1.55. The molecule has 200 valence electrons. The molecule has 1 amide bonds. The highest BCUT2D eigenvalue weighted by Gasteiger charge is 2.44. The third-order valence-corrected chi connectivity index (χ3v) is 5.68. The summed E-state index contributed by atoms with van der Waals surface area (Å²) < 4.78 is 16.8. The average molecular weight is 544 g/mol. The number of nitrogens with zero attached hydrogens (tertiary/aromatic N) is 2. The third-order valence-electron chi connectivity index (χ3n) is 5.34. The smallest absolute Gasteiger partial charge is 0.217 e. The molecule has 0 spiro atoms. The van der Waals surface area contributed by atoms with E-state index in [1.54, 1.807) is 18.2 Å². The van der Waals surface area contributed by atoms with Crippen LogP contribution in [0.2, 0.25) is 0 Å². The van der Waals surface area contributed by atoms with E-state index in [1.807, 2.05) is 0 Å². The fourth-order valence-electron chi connectivity index (χ4n) is 3.64. The molecule has 6 N–H and O–H groups in total. The van der Waals surface area contributed by atoms with Crippen LogP contribution >= 0.6 is 24.4 Å². The summed E-state index contributed by atoms with van der Waals surface area (Å²) in [6, 6.07) is 4.45. The number of carbonyl (C=O) groups excluding carboxylic acids is 1. The summed E-state index contributed by atoms with van der Waals surface area (Å²) in [7, 11) is 0. The molecule has 0 aliphatic heterocycles. The number of ether oxygens (including phenoxy) is 3. The van der Waals surface area contributed by atoms with Crippen LogP contribution in [0.4, 0.5) is 11.6 Å². The van der Waals surface area contributed by atoms with Crippen molar-refractivity contribution in [2.24, 2.45) is 10.9 Å². The average Bonchev–Trinajstić information content (AvgIpc) is 2.84. The van der Waals surface area contributed by atoms with Crippen molar-refractivity contribution in [1.29, 1.82) is 0 Å². The Bertz CT molecular complexity index is 890. The first kappa shape index (κ1) is 30.1. The summed E-state index contributed by atoms with van der Waals surface area (Å²) in [6.07, 6.45) is -2.63. The zero-order valence-electron chi connectivity index (χ0n) is 20.0. The number of aliphatic imine (C=N–C) groups is 1. The predicted molar refractivity (Wildman–Crippen MR) is 139 cm³/mol. The first-order valence-corrected chi connectivity index (χ1v) is 12.3. The Labute approximate surface area is 220 Å². The van der Waals surface area contributed by atoms with Gasteiger partial charge in [0.25, 0.3) is 0 Å². The highest BCUT2D eigenvalue weighted by atomic mass is 32.1. The van der Waals surface area contributed by atoms with Crippen LogP contribution < -0.4 is 16.0 Å². The topological polar surface area (TPSA) is 167 Å². The number of aliphatic hydroxyl groups excluding tert-OH is 3. The number of thiocarbonyl (C=S) groups is 2. The van der Waals surface area contributed by atoms with Crippen molar-refractivity contribution < 1.29 is 34.3 Å². The van der Waals surface area contributed by atoms with Crippen molar-refractivity contribution >= 4 is 52.3 Å². The number of nitrogens with one attached hydrogen (secondary N) is 3. The lowest BCUT2D eigenvalue weighted by Crippen LogP contribution is -2.61. The fraction of sp³-hybridized carbons (Fsp3) is 0.636. The number of pyridine rings is 1. The molecule has 0 bridgehead atoms. The van der Waals surface area contributed by atoms with Crippen LogP contribution in [0.1, 0.15) is 13.3 Å². The number of amides is 1. The molecule has 1 aliphatic rings. The monoisotopic (exact) mass is 543 g/mol. The molecule has 1 aromatic heterocycles. The first-order valence-electron chi connectivity index (χ1n) is 11.5. The molecule has 1 fully saturated rings. The quantitative estimate of drug-likeness (QED) is 0.104. The van der Waals surface area contributed by atoms with Gasteiger partial charge >= 0.3 is 0 Å². The molecule has 0 saturated heterocycles. The van der Waals surface area contributed by atoms with Crippen molar-refractivity contribution in [2.45, 2.75) is 37.7 Å². The van der Waals surface area contributed by atoms with E-state index in [2.05, 4.69) is 43.3 Å². The van der Waals surface area contributed by atoms with Gasteiger partial charge in [-0.05, 0) is 43.0 Å². The van der Waals surface area contributed by atoms with Crippen molar-refractivity contribution in [3.63, 3.8) is 0 Å². The standard InChI is InChI=1S/C22H33N5O7S2/c1-14(29)25-19-16(11-15(12-28)20(30)21(19)31)34-10-9-33-8-7-32-6-5-23-22(36)27-18-4-2-3-17(26-18)24-13-35/h2-4,15-16,19-21,28,30-31H,5-12H2,1H3,(H,25,29)(H2,23,26,27,36)/t15?,16?,19-,20+,21-/m1/s1. The number of anilines is 1. The van der Waals surface area contributed by atoms with Crippen LogP contribution in [-0.4, -0.2) is 107 Å². The van der Waals surface area contributed by atoms with E-state index in [0.29, 0.717) is 49.5 Å². The minimum Gasteiger partial charge on any atom is -0.396 e. The summed E-state index contributed by atoms with van der Waals surface area (Å²) in [6.45, 7) is 3.15. The lowest BCUT2D eigenvalue weighted by molar-refractivity contribution is -0.145. The second-order valence-electron chi connectivity index (χ2n) is 7.98. The van der Waals surface area contributed by atoms with Gasteiger partial charge in [-0.3, -0.25) is 4.79 Å². The molecule has 1 heterocycles. The molecule has 0 aromatic carbocycles. The van der Waals surface area contributed by atoms with E-state index < -0.39 is 30.3 Å². The van der Waals surface area contributed by atoms with Crippen molar-refractivity contribution in [2.75, 3.05) is 51.5 Å². The molecule has 1 aromatic rings. The summed E-state index contributed by atoms with van der Waals surface area (Å²) in [5.74, 6) is 0.0879. The van der Waals surface area contributed by atoms with E-state index in [1.165, 1.54) is 6.92 Å². The maximum atomic E-state index is 11.5. The molecule has 1 saturated carbocycles. The van der Waals surface area contributed by atoms with Gasteiger partial charge in [-0.15, -0.1) is 0 Å². The van der Waals surface area contributed by atoms with E-state index in [4.69, 9.17) is 26.4 Å². The molecule has 1 aliphatic carbocycles. The molecule has 12 nitrogen and oxygen atoms in total. The predicted octanol–water partition coefficient (Wildman–Crippen LogP) is -0.241. The van der Waals surface area contributed by atoms with Crippen LogP contribution in [0.3, 0.4) is 0 Å². The molecule has 2 rings (SSSR count). The molecule has 36 heavy (non-hydrogen) atoms. The van der Waals surface area contributed by atoms with Crippen molar-refractivity contribution in [3.05, 3.63) is 18.2 Å². The Morgan fingerprint density at radius 1 is 1.19 bits per heavy atom. The number of aliphatic hydroxyl groups is 3. The van der Waals surface area contributed by atoms with E-state index in [0.717, 1.165) is 0 Å². The Kier molecular flexibility index (Phi) is 13.9. The maximum absolute atomic E-state index is 11.5. The van der Waals surface area contributed by atoms with E-state index in [-0.39, 0.29) is 25.7 Å². The van der Waals surface area contributed by atoms with Crippen molar-refractivity contribution in [3.8, 4) is 0 Å². The number of isothiocyanates is 1. The summed E-state index contributed by atoms with van der Waals surface area (Å²) >= 11 is 9.78. The van der Waals surface area contributed by atoms with E-state index in [9.17, 15) is 20.1 Å². The van der Waals surface area contributed by atoms with Gasteiger partial charge in [-0.1, -0.05) is 6.07 Å². The van der Waals surface area contributed by atoms with Gasteiger partial charge in [-0.25, -0.2) is 4.98 Å². The van der Waals surface area contributed by atoms with Crippen LogP contribution in [0, 0.1) is 5.92 Å². The Morgan fingerprint density at radius 2 is 1.92 bits per heavy atom. The van der Waals surface area contributed by atoms with Crippen molar-refractivity contribution in [1.82, 2.24) is 15.6 Å². The van der Waals surface area contributed by atoms with Crippen LogP contribution in [-0.2, 0) is 19.0 Å². The zero-order valence-corrected chi connectivity index (χ0v) is 21.6. The van der Waals surface area contributed by atoms with Gasteiger partial charge in [-0.2, -0.15) is 4.99 Å². The normalized spacial score (nSPS) is 23.4. The fourth-order valence-corrected chi connectivity index (χ4v) is 3.94. The number of carbonyl (C=O) groups is 1. The minimum atomic E-state index is -1.23. The van der Waals surface area contributed by atoms with Gasteiger partial charge in [0.2, 0.25) is 5.91 Å². The largest absolute Gasteiger partial charge is 0.396 e. The van der Waals surface area contributed by atoms with E-state index >= 15 is 0 Å². The Morgan fingerprint density at radius 3 is 2.61 bits per heavy atom. The maximum Gasteiger partial charge on any atom is 0.217 e. The highest BCUT2D eigenvalue weighted by Crippen LogP contribution is 2.27. The Hall–Kier alpha value is -2.13. The second kappa shape index (κ2) is 16.6. The number of hydrogen-bond donors (Lipinski definition) is 6. The third kappa shape index (κ3) is 10.5. The lowest BCUT2D eigenvalue weighted by Gasteiger charge is -2.42. The van der Waals surface area contributed by atoms with Crippen LogP contribution in [0.5, 0.6) is 0 Å². The number of aromatic nitrogens is 1. The molecular formula is C22H33N5O7S2. The van der Waals surface area contributed by atoms with Gasteiger partial charge in [0.15, 0.2) is 10.9 Å². The molecular weight excluding hydrogens is 510 g/mol. The van der Waals surface area contributed by atoms with Gasteiger partial charge in [0.05, 0.1) is 56.4 Å². The summed E-state index contributed by atoms with van der Waals surface area (Å²) in [5, 5.41) is 41.1. The summed E-state index contributed by atoms with van der Waals surface area (Å²) in [5.41, 5.74) is 0. The van der Waals surface area contributed by atoms with Crippen LogP contribution in [0.15, 0.2) is 23.2 Å². The number of rotatable bonds is 14. The van der Waals surface area contributed by atoms with Gasteiger partial charge in [0, 0.05) is 26.0 Å². The molecule has 0 radical (unpaired) electrons. The van der Waals surface area contributed by atoms with Crippen LogP contribution in [0.25, 0.3) is 0 Å². The second-order valence-corrected chi connectivity index (χ2v) is 8.58. The molecule has 14 heteroatoms. The molecule has 2 unspecified atom stereocenters. The highest BCUT2D eigenvalue weighted by molar-refractivity contribution is 7.80. The minimum absolute atomic E-state index is 0.216. The van der Waals surface area contributed by atoms with Gasteiger partial charge < -0.3 is 45.5 Å². The SMILES string of the molecule is CC(=O)N[C@@H]1C(OCCOCCOCCNC(=S)Nc2cccc(N=C=S)n2)CC(CO)[C@H](O)[C@@H]1O. The molecule has 5 atom stereocenters. The zero-order chi connectivity index (χ0) is 26.3. The van der Waals surface area contributed by atoms with Gasteiger partial charge in [0.1, 0.15) is 11.9 Å². The summed E-state index contributed by atoms with van der Waals surface area (Å²) in [4.78, 5) is 19.5. The lowest BCUT2D eigenvalue weighted by atomic mass is 9.79.